The zero-order valence-electron chi connectivity index (χ0n) is 14.5. The van der Waals surface area contributed by atoms with Crippen molar-refractivity contribution in [3.63, 3.8) is 0 Å². The molecule has 0 aliphatic carbocycles. The Morgan fingerprint density at radius 1 is 1.38 bits per heavy atom. The van der Waals surface area contributed by atoms with Gasteiger partial charge in [0.2, 0.25) is 0 Å². The largest absolute Gasteiger partial charge is 0.338 e. The van der Waals surface area contributed by atoms with E-state index in [1.807, 2.05) is 37.1 Å². The third kappa shape index (κ3) is 3.24. The monoisotopic (exact) mass is 330 g/mol. The van der Waals surface area contributed by atoms with Crippen LogP contribution < -0.4 is 15.5 Å². The molecule has 0 radical (unpaired) electrons. The highest BCUT2D eigenvalue weighted by molar-refractivity contribution is 6.00. The molecular weight excluding hydrogens is 304 g/mol. The number of hydrogen-bond donors (Lipinski definition) is 2. The van der Waals surface area contributed by atoms with E-state index in [0.29, 0.717) is 24.6 Å². The average Bonchev–Trinajstić information content (AvgIpc) is 3.01. The summed E-state index contributed by atoms with van der Waals surface area (Å²) in [4.78, 5) is 28.6. The summed E-state index contributed by atoms with van der Waals surface area (Å²) in [7, 11) is 1.95. The first-order valence-electron chi connectivity index (χ1n) is 8.70. The zero-order chi connectivity index (χ0) is 17.1. The first-order chi connectivity index (χ1) is 11.6. The molecule has 0 aromatic heterocycles. The van der Waals surface area contributed by atoms with E-state index in [2.05, 4.69) is 10.6 Å². The zero-order valence-corrected chi connectivity index (χ0v) is 14.5. The van der Waals surface area contributed by atoms with Gasteiger partial charge in [0.05, 0.1) is 0 Å². The SMILES string of the molecule is CNC[C@@H]1CCCN(C(=O)c2cccc(N3CCNC3=O)c2C)C1. The standard InChI is InChI=1S/C18H26N4O2/c1-13-15(6-3-7-16(13)22-10-8-20-18(22)24)17(23)21-9-4-5-14(12-21)11-19-2/h3,6-7,14,19H,4-5,8-12H2,1-2H3,(H,20,24)/t14-/m0/s1. The lowest BCUT2D eigenvalue weighted by Gasteiger charge is -2.33. The fraction of sp³-hybridized carbons (Fsp3) is 0.556. The van der Waals surface area contributed by atoms with Crippen LogP contribution in [0, 0.1) is 12.8 Å². The number of rotatable bonds is 4. The topological polar surface area (TPSA) is 64.7 Å². The number of nitrogens with one attached hydrogen (secondary N) is 2. The molecule has 1 atom stereocenters. The number of hydrogen-bond acceptors (Lipinski definition) is 3. The van der Waals surface area contributed by atoms with Crippen LogP contribution in [-0.2, 0) is 0 Å². The van der Waals surface area contributed by atoms with Crippen LogP contribution in [0.15, 0.2) is 18.2 Å². The van der Waals surface area contributed by atoms with Crippen molar-refractivity contribution in [2.24, 2.45) is 5.92 Å². The molecule has 2 aliphatic heterocycles. The summed E-state index contributed by atoms with van der Waals surface area (Å²) in [6, 6.07) is 5.57. The van der Waals surface area contributed by atoms with Gasteiger partial charge in [0.25, 0.3) is 5.91 Å². The molecule has 2 heterocycles. The maximum Gasteiger partial charge on any atom is 0.322 e. The molecule has 2 saturated heterocycles. The van der Waals surface area contributed by atoms with Gasteiger partial charge in [0.15, 0.2) is 0 Å². The summed E-state index contributed by atoms with van der Waals surface area (Å²) >= 11 is 0. The van der Waals surface area contributed by atoms with Crippen LogP contribution in [0.2, 0.25) is 0 Å². The predicted molar refractivity (Wildman–Crippen MR) is 94.5 cm³/mol. The number of amides is 3. The van der Waals surface area contributed by atoms with Gasteiger partial charge in [-0.1, -0.05) is 6.07 Å². The summed E-state index contributed by atoms with van der Waals surface area (Å²) in [6.07, 6.45) is 2.21. The third-order valence-electron chi connectivity index (χ3n) is 4.98. The number of carbonyl (C=O) groups is 2. The predicted octanol–water partition coefficient (Wildman–Crippen LogP) is 1.60. The fourth-order valence-electron chi connectivity index (χ4n) is 3.72. The fourth-order valence-corrected chi connectivity index (χ4v) is 3.72. The summed E-state index contributed by atoms with van der Waals surface area (Å²) in [5.74, 6) is 0.593. The highest BCUT2D eigenvalue weighted by Crippen LogP contribution is 2.27. The minimum absolute atomic E-state index is 0.0785. The number of carbonyl (C=O) groups excluding carboxylic acids is 2. The second kappa shape index (κ2) is 7.21. The van der Waals surface area contributed by atoms with Crippen LogP contribution in [0.4, 0.5) is 10.5 Å². The van der Waals surface area contributed by atoms with Crippen molar-refractivity contribution in [1.29, 1.82) is 0 Å². The van der Waals surface area contributed by atoms with Crippen LogP contribution in [0.1, 0.15) is 28.8 Å². The van der Waals surface area contributed by atoms with Crippen LogP contribution in [0.25, 0.3) is 0 Å². The molecule has 0 spiro atoms. The summed E-state index contributed by atoms with van der Waals surface area (Å²) in [5, 5.41) is 6.02. The van der Waals surface area contributed by atoms with Gasteiger partial charge in [-0.25, -0.2) is 4.79 Å². The normalized spacial score (nSPS) is 21.1. The Kier molecular flexibility index (Phi) is 5.04. The van der Waals surface area contributed by atoms with Crippen molar-refractivity contribution in [3.05, 3.63) is 29.3 Å². The van der Waals surface area contributed by atoms with Gasteiger partial charge in [-0.2, -0.15) is 0 Å². The maximum atomic E-state index is 13.0. The molecule has 0 saturated carbocycles. The van der Waals surface area contributed by atoms with E-state index >= 15 is 0 Å². The second-order valence-electron chi connectivity index (χ2n) is 6.65. The lowest BCUT2D eigenvalue weighted by atomic mass is 9.96. The van der Waals surface area contributed by atoms with Gasteiger partial charge in [-0.05, 0) is 57.0 Å². The lowest BCUT2D eigenvalue weighted by molar-refractivity contribution is 0.0673. The van der Waals surface area contributed by atoms with Crippen molar-refractivity contribution in [1.82, 2.24) is 15.5 Å². The molecule has 2 N–H and O–H groups in total. The first-order valence-corrected chi connectivity index (χ1v) is 8.70. The number of anilines is 1. The Morgan fingerprint density at radius 2 is 2.21 bits per heavy atom. The number of piperidine rings is 1. The van der Waals surface area contributed by atoms with E-state index in [0.717, 1.165) is 43.7 Å². The molecule has 6 heteroatoms. The van der Waals surface area contributed by atoms with Gasteiger partial charge in [-0.3, -0.25) is 9.69 Å². The molecule has 3 amide bonds. The molecule has 3 rings (SSSR count). The van der Waals surface area contributed by atoms with E-state index in [1.54, 1.807) is 4.90 Å². The van der Waals surface area contributed by atoms with E-state index < -0.39 is 0 Å². The van der Waals surface area contributed by atoms with Gasteiger partial charge >= 0.3 is 6.03 Å². The summed E-state index contributed by atoms with van der Waals surface area (Å²) in [6.45, 7) is 5.78. The van der Waals surface area contributed by atoms with Crippen LogP contribution in [0.5, 0.6) is 0 Å². The van der Waals surface area contributed by atoms with E-state index in [4.69, 9.17) is 0 Å². The van der Waals surface area contributed by atoms with Crippen LogP contribution >= 0.6 is 0 Å². The first kappa shape index (κ1) is 16.8. The Balaban J connectivity index is 1.81. The molecular formula is C18H26N4O2. The van der Waals surface area contributed by atoms with Crippen molar-refractivity contribution < 1.29 is 9.59 Å². The smallest absolute Gasteiger partial charge is 0.322 e. The Bertz CT molecular complexity index is 629. The molecule has 1 aromatic rings. The van der Waals surface area contributed by atoms with Crippen molar-refractivity contribution in [2.75, 3.05) is 44.7 Å². The molecule has 0 unspecified atom stereocenters. The van der Waals surface area contributed by atoms with Crippen molar-refractivity contribution in [2.45, 2.75) is 19.8 Å². The molecule has 2 fully saturated rings. The van der Waals surface area contributed by atoms with Crippen molar-refractivity contribution in [3.8, 4) is 0 Å². The van der Waals surface area contributed by atoms with E-state index in [1.165, 1.54) is 0 Å². The molecule has 130 valence electrons. The number of benzene rings is 1. The number of urea groups is 1. The van der Waals surface area contributed by atoms with Gasteiger partial charge in [-0.15, -0.1) is 0 Å². The van der Waals surface area contributed by atoms with Crippen LogP contribution in [0.3, 0.4) is 0 Å². The minimum Gasteiger partial charge on any atom is -0.338 e. The van der Waals surface area contributed by atoms with Crippen molar-refractivity contribution >= 4 is 17.6 Å². The molecule has 0 bridgehead atoms. The van der Waals surface area contributed by atoms with Gasteiger partial charge in [0.1, 0.15) is 0 Å². The van der Waals surface area contributed by atoms with E-state index in [9.17, 15) is 9.59 Å². The quantitative estimate of drug-likeness (QED) is 0.881. The molecule has 1 aromatic carbocycles. The third-order valence-corrected chi connectivity index (χ3v) is 4.98. The van der Waals surface area contributed by atoms with E-state index in [-0.39, 0.29) is 11.9 Å². The number of nitrogens with zero attached hydrogens (tertiary/aromatic N) is 2. The van der Waals surface area contributed by atoms with Crippen LogP contribution in [-0.4, -0.2) is 56.6 Å². The Morgan fingerprint density at radius 3 is 2.92 bits per heavy atom. The second-order valence-corrected chi connectivity index (χ2v) is 6.65. The Hall–Kier alpha value is -2.08. The van der Waals surface area contributed by atoms with Gasteiger partial charge in [0, 0.05) is 37.4 Å². The summed E-state index contributed by atoms with van der Waals surface area (Å²) in [5.41, 5.74) is 2.42. The Labute approximate surface area is 143 Å². The summed E-state index contributed by atoms with van der Waals surface area (Å²) < 4.78 is 0. The number of likely N-dealkylation sites (tertiary alicyclic amines) is 1. The maximum absolute atomic E-state index is 13.0. The highest BCUT2D eigenvalue weighted by Gasteiger charge is 2.28. The molecule has 24 heavy (non-hydrogen) atoms. The average molecular weight is 330 g/mol. The molecule has 2 aliphatic rings. The van der Waals surface area contributed by atoms with Gasteiger partial charge < -0.3 is 15.5 Å². The lowest BCUT2D eigenvalue weighted by Crippen LogP contribution is -2.42. The minimum atomic E-state index is -0.0882. The highest BCUT2D eigenvalue weighted by atomic mass is 16.2. The molecule has 6 nitrogen and oxygen atoms in total.